The van der Waals surface area contributed by atoms with E-state index in [-0.39, 0.29) is 5.56 Å². The highest BCUT2D eigenvalue weighted by molar-refractivity contribution is 5.53. The van der Waals surface area contributed by atoms with Crippen LogP contribution in [0.25, 0.3) is 11.4 Å². The van der Waals surface area contributed by atoms with E-state index in [0.717, 1.165) is 42.0 Å². The summed E-state index contributed by atoms with van der Waals surface area (Å²) >= 11 is 0. The summed E-state index contributed by atoms with van der Waals surface area (Å²) < 4.78 is 0. The molecule has 4 rings (SSSR count). The van der Waals surface area contributed by atoms with Gasteiger partial charge in [-0.05, 0) is 24.3 Å². The fourth-order valence-corrected chi connectivity index (χ4v) is 2.96. The third-order valence-electron chi connectivity index (χ3n) is 4.14. The van der Waals surface area contributed by atoms with Gasteiger partial charge in [0.2, 0.25) is 0 Å². The molecule has 0 spiro atoms. The van der Waals surface area contributed by atoms with Gasteiger partial charge >= 0.3 is 0 Å². The molecule has 0 bridgehead atoms. The Kier molecular flexibility index (Phi) is 3.51. The van der Waals surface area contributed by atoms with Gasteiger partial charge in [0.15, 0.2) is 0 Å². The molecule has 4 heterocycles. The zero-order valence-electron chi connectivity index (χ0n) is 12.6. The van der Waals surface area contributed by atoms with Crippen molar-refractivity contribution in [2.45, 2.75) is 19.5 Å². The lowest BCUT2D eigenvalue weighted by Gasteiger charge is -2.27. The normalized spacial score (nSPS) is 14.6. The Morgan fingerprint density at radius 1 is 1.26 bits per heavy atom. The minimum absolute atomic E-state index is 0.0509. The maximum atomic E-state index is 12.5. The van der Waals surface area contributed by atoms with E-state index in [1.165, 1.54) is 0 Å². The second kappa shape index (κ2) is 5.81. The lowest BCUT2D eigenvalue weighted by Crippen LogP contribution is -2.35. The number of aromatic amines is 2. The highest BCUT2D eigenvalue weighted by atomic mass is 16.1. The maximum absolute atomic E-state index is 12.5. The van der Waals surface area contributed by atoms with Crippen LogP contribution in [0.2, 0.25) is 0 Å². The molecule has 116 valence electrons. The molecule has 0 saturated carbocycles. The van der Waals surface area contributed by atoms with E-state index in [2.05, 4.69) is 30.9 Å². The van der Waals surface area contributed by atoms with Crippen molar-refractivity contribution in [1.82, 2.24) is 24.8 Å². The van der Waals surface area contributed by atoms with Crippen molar-refractivity contribution < 1.29 is 0 Å². The molecular formula is C17H17N5O. The van der Waals surface area contributed by atoms with Crippen molar-refractivity contribution in [3.63, 3.8) is 0 Å². The van der Waals surface area contributed by atoms with Crippen LogP contribution in [-0.2, 0) is 19.5 Å². The summed E-state index contributed by atoms with van der Waals surface area (Å²) in [5.74, 6) is 0.597. The molecule has 1 aliphatic rings. The maximum Gasteiger partial charge on any atom is 0.255 e. The zero-order chi connectivity index (χ0) is 15.6. The molecule has 0 aromatic carbocycles. The first-order valence-corrected chi connectivity index (χ1v) is 7.67. The van der Waals surface area contributed by atoms with E-state index < -0.39 is 0 Å². The summed E-state index contributed by atoms with van der Waals surface area (Å²) in [5.41, 5.74) is 3.61. The van der Waals surface area contributed by atoms with Crippen LogP contribution in [-0.4, -0.2) is 31.4 Å². The van der Waals surface area contributed by atoms with Crippen molar-refractivity contribution >= 4 is 0 Å². The van der Waals surface area contributed by atoms with Gasteiger partial charge in [-0.1, -0.05) is 0 Å². The molecule has 0 atom stereocenters. The van der Waals surface area contributed by atoms with E-state index in [1.807, 2.05) is 24.4 Å². The van der Waals surface area contributed by atoms with E-state index in [9.17, 15) is 4.79 Å². The van der Waals surface area contributed by atoms with Crippen molar-refractivity contribution in [3.05, 3.63) is 70.2 Å². The van der Waals surface area contributed by atoms with E-state index in [0.29, 0.717) is 12.4 Å². The van der Waals surface area contributed by atoms with Crippen molar-refractivity contribution in [2.24, 2.45) is 0 Å². The Labute approximate surface area is 133 Å². The standard InChI is InChI=1S/C17H17N5O/c23-17-14-11-22(10-13-4-2-7-19-13)8-5-15(14)20-16(21-17)12-3-1-6-18-9-12/h1-4,6-7,9,19H,5,8,10-11H2,(H,20,21,23). The van der Waals surface area contributed by atoms with Crippen molar-refractivity contribution in [1.29, 1.82) is 0 Å². The Hall–Kier alpha value is -2.73. The Bertz CT molecular complexity index is 854. The molecular weight excluding hydrogens is 290 g/mol. The smallest absolute Gasteiger partial charge is 0.255 e. The SMILES string of the molecule is O=c1[nH]c(-c2cccnc2)nc2c1CN(Cc1ccc[nH]1)CC2. The van der Waals surface area contributed by atoms with Crippen molar-refractivity contribution in [3.8, 4) is 11.4 Å². The average Bonchev–Trinajstić information content (AvgIpc) is 3.09. The topological polar surface area (TPSA) is 77.7 Å². The van der Waals surface area contributed by atoms with E-state index >= 15 is 0 Å². The number of hydrogen-bond donors (Lipinski definition) is 2. The highest BCUT2D eigenvalue weighted by Crippen LogP contribution is 2.19. The van der Waals surface area contributed by atoms with Crippen LogP contribution in [0.5, 0.6) is 0 Å². The minimum atomic E-state index is -0.0509. The van der Waals surface area contributed by atoms with Gasteiger partial charge in [-0.15, -0.1) is 0 Å². The number of pyridine rings is 1. The van der Waals surface area contributed by atoms with Crippen LogP contribution < -0.4 is 5.56 Å². The quantitative estimate of drug-likeness (QED) is 0.772. The van der Waals surface area contributed by atoms with Gasteiger partial charge in [-0.25, -0.2) is 4.98 Å². The van der Waals surface area contributed by atoms with Crippen LogP contribution in [0.1, 0.15) is 17.0 Å². The summed E-state index contributed by atoms with van der Waals surface area (Å²) in [6.07, 6.45) is 6.12. The number of hydrogen-bond acceptors (Lipinski definition) is 4. The fourth-order valence-electron chi connectivity index (χ4n) is 2.96. The first kappa shape index (κ1) is 13.9. The lowest BCUT2D eigenvalue weighted by atomic mass is 10.1. The second-order valence-corrected chi connectivity index (χ2v) is 5.74. The molecule has 0 aliphatic carbocycles. The lowest BCUT2D eigenvalue weighted by molar-refractivity contribution is 0.239. The minimum Gasteiger partial charge on any atom is -0.364 e. The summed E-state index contributed by atoms with van der Waals surface area (Å²) in [4.78, 5) is 29.5. The summed E-state index contributed by atoms with van der Waals surface area (Å²) in [6, 6.07) is 7.79. The van der Waals surface area contributed by atoms with Crippen LogP contribution in [0.15, 0.2) is 47.7 Å². The van der Waals surface area contributed by atoms with Crippen LogP contribution >= 0.6 is 0 Å². The molecule has 6 nitrogen and oxygen atoms in total. The number of H-pyrrole nitrogens is 2. The second-order valence-electron chi connectivity index (χ2n) is 5.74. The third-order valence-corrected chi connectivity index (χ3v) is 4.14. The van der Waals surface area contributed by atoms with Gasteiger partial charge in [-0.2, -0.15) is 0 Å². The first-order chi connectivity index (χ1) is 11.3. The monoisotopic (exact) mass is 307 g/mol. The Morgan fingerprint density at radius 3 is 3.00 bits per heavy atom. The number of fused-ring (bicyclic) bond motifs is 1. The number of nitrogens with zero attached hydrogens (tertiary/aromatic N) is 3. The molecule has 0 amide bonds. The van der Waals surface area contributed by atoms with Gasteiger partial charge in [0.05, 0.1) is 11.3 Å². The molecule has 0 saturated heterocycles. The summed E-state index contributed by atoms with van der Waals surface area (Å²) in [5, 5.41) is 0. The van der Waals surface area contributed by atoms with E-state index in [4.69, 9.17) is 0 Å². The van der Waals surface area contributed by atoms with Gasteiger partial charge in [0.25, 0.3) is 5.56 Å². The molecule has 23 heavy (non-hydrogen) atoms. The van der Waals surface area contributed by atoms with Gasteiger partial charge in [-0.3, -0.25) is 14.7 Å². The summed E-state index contributed by atoms with van der Waals surface area (Å²) in [6.45, 7) is 2.34. The zero-order valence-corrected chi connectivity index (χ0v) is 12.6. The largest absolute Gasteiger partial charge is 0.364 e. The van der Waals surface area contributed by atoms with Crippen LogP contribution in [0.4, 0.5) is 0 Å². The predicted octanol–water partition coefficient (Wildman–Crippen LogP) is 1.72. The number of aromatic nitrogens is 4. The average molecular weight is 307 g/mol. The number of nitrogens with one attached hydrogen (secondary N) is 2. The van der Waals surface area contributed by atoms with Crippen LogP contribution in [0.3, 0.4) is 0 Å². The highest BCUT2D eigenvalue weighted by Gasteiger charge is 2.21. The van der Waals surface area contributed by atoms with Gasteiger partial charge in [0, 0.05) is 55.9 Å². The molecule has 0 unspecified atom stereocenters. The third kappa shape index (κ3) is 2.80. The molecule has 0 radical (unpaired) electrons. The molecule has 0 fully saturated rings. The summed E-state index contributed by atoms with van der Waals surface area (Å²) in [7, 11) is 0. The fraction of sp³-hybridized carbons (Fsp3) is 0.235. The van der Waals surface area contributed by atoms with E-state index in [1.54, 1.807) is 12.4 Å². The molecule has 1 aliphatic heterocycles. The molecule has 3 aromatic heterocycles. The molecule has 6 heteroatoms. The van der Waals surface area contributed by atoms with Crippen LogP contribution in [0, 0.1) is 0 Å². The first-order valence-electron chi connectivity index (χ1n) is 7.67. The predicted molar refractivity (Wildman–Crippen MR) is 86.7 cm³/mol. The Balaban J connectivity index is 1.62. The van der Waals surface area contributed by atoms with Crippen molar-refractivity contribution in [2.75, 3.05) is 6.54 Å². The van der Waals surface area contributed by atoms with Gasteiger partial charge in [0.1, 0.15) is 5.82 Å². The number of rotatable bonds is 3. The van der Waals surface area contributed by atoms with Gasteiger partial charge < -0.3 is 9.97 Å². The Morgan fingerprint density at radius 2 is 2.22 bits per heavy atom. The molecule has 3 aromatic rings. The molecule has 2 N–H and O–H groups in total.